The second-order valence-corrected chi connectivity index (χ2v) is 8.37. The molecule has 1 aliphatic rings. The molecule has 1 fully saturated rings. The van der Waals surface area contributed by atoms with E-state index in [9.17, 15) is 14.4 Å². The first-order valence-corrected chi connectivity index (χ1v) is 10.6. The van der Waals surface area contributed by atoms with Gasteiger partial charge in [0.25, 0.3) is 5.56 Å². The third-order valence-corrected chi connectivity index (χ3v) is 6.01. The topological polar surface area (TPSA) is 105 Å². The molecule has 0 amide bonds. The van der Waals surface area contributed by atoms with Crippen LogP contribution in [-0.2, 0) is 23.1 Å². The molecule has 11 heteroatoms. The van der Waals surface area contributed by atoms with E-state index in [0.717, 1.165) is 10.0 Å². The second kappa shape index (κ2) is 8.67. The van der Waals surface area contributed by atoms with Crippen molar-refractivity contribution in [2.24, 2.45) is 7.05 Å². The third kappa shape index (κ3) is 4.28. The number of aromatic amines is 1. The Labute approximate surface area is 186 Å². The van der Waals surface area contributed by atoms with Crippen molar-refractivity contribution in [3.8, 4) is 0 Å². The summed E-state index contributed by atoms with van der Waals surface area (Å²) in [6, 6.07) is 7.84. The van der Waals surface area contributed by atoms with Crippen LogP contribution in [0.2, 0.25) is 0 Å². The lowest BCUT2D eigenvalue weighted by Crippen LogP contribution is -2.48. The van der Waals surface area contributed by atoms with Gasteiger partial charge in [0.15, 0.2) is 11.2 Å². The molecule has 0 saturated carbocycles. The summed E-state index contributed by atoms with van der Waals surface area (Å²) in [5, 5.41) is 0. The Hall–Kier alpha value is -2.92. The molecule has 31 heavy (non-hydrogen) atoms. The summed E-state index contributed by atoms with van der Waals surface area (Å²) in [4.78, 5) is 47.5. The Kier molecular flexibility index (Phi) is 5.96. The fourth-order valence-corrected chi connectivity index (χ4v) is 4.00. The van der Waals surface area contributed by atoms with E-state index in [1.807, 2.05) is 33.7 Å². The zero-order valence-electron chi connectivity index (χ0n) is 17.3. The van der Waals surface area contributed by atoms with Gasteiger partial charge in [-0.15, -0.1) is 0 Å². The maximum atomic E-state index is 12.7. The van der Waals surface area contributed by atoms with Crippen LogP contribution in [0.1, 0.15) is 5.56 Å². The fraction of sp³-hybridized carbons (Fsp3) is 0.400. The van der Waals surface area contributed by atoms with E-state index < -0.39 is 11.2 Å². The van der Waals surface area contributed by atoms with Gasteiger partial charge in [-0.1, -0.05) is 28.1 Å². The molecule has 0 bridgehead atoms. The minimum Gasteiger partial charge on any atom is -0.468 e. The standard InChI is InChI=1S/C20H23BrN6O4/c1-24-17-16(18(29)23-20(24)30)27(11-13-3-5-14(21)6-4-13)19(22-17)26-9-7-25(8-10-26)12-15(28)31-2/h3-6H,7-12H2,1-2H3,(H,23,29,30). The van der Waals surface area contributed by atoms with Gasteiger partial charge in [-0.05, 0) is 17.7 Å². The number of H-pyrrole nitrogens is 1. The number of benzene rings is 1. The van der Waals surface area contributed by atoms with Gasteiger partial charge in [-0.25, -0.2) is 4.79 Å². The van der Waals surface area contributed by atoms with E-state index in [2.05, 4.69) is 30.8 Å². The number of esters is 1. The predicted molar refractivity (Wildman–Crippen MR) is 120 cm³/mol. The summed E-state index contributed by atoms with van der Waals surface area (Å²) in [6.45, 7) is 3.26. The highest BCUT2D eigenvalue weighted by atomic mass is 79.9. The minimum absolute atomic E-state index is 0.244. The zero-order valence-corrected chi connectivity index (χ0v) is 18.9. The molecule has 0 unspecified atom stereocenters. The van der Waals surface area contributed by atoms with E-state index >= 15 is 0 Å². The number of aromatic nitrogens is 4. The molecule has 1 aliphatic heterocycles. The van der Waals surface area contributed by atoms with Crippen molar-refractivity contribution in [1.82, 2.24) is 24.0 Å². The molecular weight excluding hydrogens is 468 g/mol. The maximum Gasteiger partial charge on any atom is 0.329 e. The van der Waals surface area contributed by atoms with Crippen LogP contribution >= 0.6 is 15.9 Å². The molecule has 0 radical (unpaired) electrons. The summed E-state index contributed by atoms with van der Waals surface area (Å²) < 4.78 is 8.92. The van der Waals surface area contributed by atoms with Gasteiger partial charge in [0.2, 0.25) is 5.95 Å². The van der Waals surface area contributed by atoms with Crippen molar-refractivity contribution in [2.45, 2.75) is 6.54 Å². The van der Waals surface area contributed by atoms with E-state index in [1.54, 1.807) is 7.05 Å². The number of carbonyl (C=O) groups is 1. The van der Waals surface area contributed by atoms with E-state index in [1.165, 1.54) is 11.7 Å². The summed E-state index contributed by atoms with van der Waals surface area (Å²) in [6.07, 6.45) is 0. The lowest BCUT2D eigenvalue weighted by Gasteiger charge is -2.34. The Morgan fingerprint density at radius 3 is 2.48 bits per heavy atom. The van der Waals surface area contributed by atoms with Crippen LogP contribution in [0.5, 0.6) is 0 Å². The highest BCUT2D eigenvalue weighted by Gasteiger charge is 2.25. The first-order chi connectivity index (χ1) is 14.9. The number of hydrogen-bond acceptors (Lipinski definition) is 7. The summed E-state index contributed by atoms with van der Waals surface area (Å²) >= 11 is 3.44. The number of rotatable bonds is 5. The van der Waals surface area contributed by atoms with Gasteiger partial charge in [-0.2, -0.15) is 4.98 Å². The minimum atomic E-state index is -0.500. The molecule has 164 valence electrons. The Morgan fingerprint density at radius 2 is 1.84 bits per heavy atom. The Morgan fingerprint density at radius 1 is 1.16 bits per heavy atom. The van der Waals surface area contributed by atoms with Crippen LogP contribution in [0, 0.1) is 0 Å². The summed E-state index contributed by atoms with van der Waals surface area (Å²) in [7, 11) is 2.97. The fourth-order valence-electron chi connectivity index (χ4n) is 3.74. The highest BCUT2D eigenvalue weighted by molar-refractivity contribution is 9.10. The number of nitrogens with one attached hydrogen (secondary N) is 1. The molecule has 0 aliphatic carbocycles. The van der Waals surface area contributed by atoms with Crippen molar-refractivity contribution in [2.75, 3.05) is 44.7 Å². The van der Waals surface area contributed by atoms with Gasteiger partial charge in [0, 0.05) is 37.7 Å². The van der Waals surface area contributed by atoms with Crippen LogP contribution in [0.15, 0.2) is 38.3 Å². The Bertz CT molecular complexity index is 1220. The van der Waals surface area contributed by atoms with Gasteiger partial charge in [0.1, 0.15) is 0 Å². The number of carbonyl (C=O) groups excluding carboxylic acids is 1. The number of fused-ring (bicyclic) bond motifs is 1. The van der Waals surface area contributed by atoms with Crippen molar-refractivity contribution in [1.29, 1.82) is 0 Å². The molecule has 1 saturated heterocycles. The first-order valence-electron chi connectivity index (χ1n) is 9.85. The number of anilines is 1. The first kappa shape index (κ1) is 21.3. The SMILES string of the molecule is COC(=O)CN1CCN(c2nc3c(c(=O)[nH]c(=O)n3C)n2Cc2ccc(Br)cc2)CC1. The number of aryl methyl sites for hydroxylation is 1. The van der Waals surface area contributed by atoms with Crippen molar-refractivity contribution in [3.05, 3.63) is 55.1 Å². The second-order valence-electron chi connectivity index (χ2n) is 7.45. The monoisotopic (exact) mass is 490 g/mol. The van der Waals surface area contributed by atoms with Crippen molar-refractivity contribution >= 4 is 39.0 Å². The number of nitrogens with zero attached hydrogens (tertiary/aromatic N) is 5. The quantitative estimate of drug-likeness (QED) is 0.520. The van der Waals surface area contributed by atoms with E-state index in [4.69, 9.17) is 4.74 Å². The molecule has 1 aromatic carbocycles. The molecule has 4 rings (SSSR count). The van der Waals surface area contributed by atoms with Crippen LogP contribution in [0.3, 0.4) is 0 Å². The number of imidazole rings is 1. The van der Waals surface area contributed by atoms with Gasteiger partial charge in [-0.3, -0.25) is 28.6 Å². The molecule has 0 spiro atoms. The van der Waals surface area contributed by atoms with Gasteiger partial charge >= 0.3 is 11.7 Å². The van der Waals surface area contributed by atoms with Gasteiger partial charge in [0.05, 0.1) is 20.2 Å². The van der Waals surface area contributed by atoms with E-state index in [0.29, 0.717) is 49.8 Å². The molecule has 1 N–H and O–H groups in total. The predicted octanol–water partition coefficient (Wildman–Crippen LogP) is 0.529. The van der Waals surface area contributed by atoms with Crippen molar-refractivity contribution < 1.29 is 9.53 Å². The van der Waals surface area contributed by atoms with Crippen LogP contribution < -0.4 is 16.1 Å². The van der Waals surface area contributed by atoms with Crippen molar-refractivity contribution in [3.63, 3.8) is 0 Å². The van der Waals surface area contributed by atoms with Crippen LogP contribution in [-0.4, -0.2) is 69.8 Å². The average molecular weight is 491 g/mol. The lowest BCUT2D eigenvalue weighted by molar-refractivity contribution is -0.142. The normalized spacial score (nSPS) is 14.9. The number of piperazine rings is 1. The number of methoxy groups -OCH3 is 1. The largest absolute Gasteiger partial charge is 0.468 e. The van der Waals surface area contributed by atoms with Crippen LogP contribution in [0.25, 0.3) is 11.2 Å². The average Bonchev–Trinajstić information content (AvgIpc) is 3.14. The third-order valence-electron chi connectivity index (χ3n) is 5.48. The van der Waals surface area contributed by atoms with Crippen LogP contribution in [0.4, 0.5) is 5.95 Å². The lowest BCUT2D eigenvalue weighted by atomic mass is 10.2. The molecule has 2 aromatic heterocycles. The smallest absolute Gasteiger partial charge is 0.329 e. The van der Waals surface area contributed by atoms with E-state index in [-0.39, 0.29) is 12.5 Å². The molecule has 3 aromatic rings. The number of halogens is 1. The molecule has 10 nitrogen and oxygen atoms in total. The maximum absolute atomic E-state index is 12.7. The van der Waals surface area contributed by atoms with Gasteiger partial charge < -0.3 is 9.64 Å². The Balaban J connectivity index is 1.72. The summed E-state index contributed by atoms with van der Waals surface area (Å²) in [5.41, 5.74) is 0.745. The zero-order chi connectivity index (χ0) is 22.1. The number of ether oxygens (including phenoxy) is 1. The molecular formula is C20H23BrN6O4. The summed E-state index contributed by atoms with van der Waals surface area (Å²) in [5.74, 6) is 0.361. The molecule has 3 heterocycles. The molecule has 0 atom stereocenters. The highest BCUT2D eigenvalue weighted by Crippen LogP contribution is 2.23. The number of hydrogen-bond donors (Lipinski definition) is 1.